The van der Waals surface area contributed by atoms with Gasteiger partial charge in [0, 0.05) is 35.4 Å². The topological polar surface area (TPSA) is 72.1 Å². The molecule has 0 N–H and O–H groups in total. The van der Waals surface area contributed by atoms with E-state index < -0.39 is 11.6 Å². The molecular weight excluding hydrogens is 509 g/mol. The van der Waals surface area contributed by atoms with Crippen molar-refractivity contribution in [2.45, 2.75) is 26.4 Å². The number of halogens is 3. The molecule has 2 aromatic carbocycles. The van der Waals surface area contributed by atoms with Gasteiger partial charge in [0.15, 0.2) is 17.3 Å². The molecule has 0 aliphatic carbocycles. The molecule has 0 spiro atoms. The Hall–Kier alpha value is -2.87. The molecule has 0 atom stereocenters. The minimum atomic E-state index is -0.607. The van der Waals surface area contributed by atoms with Gasteiger partial charge in [-0.05, 0) is 70.0 Å². The standard InChI is InChI=1S/C25H26Cl3N5O2/c1-25(2,3)35-20(34)14-32(6)23(29-4)21-24(30-5)33(17-10-7-15(26)8-11-17)22(31-21)18-12-9-16(27)13-19(18)28/h7-13H,5,14H2,1-4,6H3/b29-23+. The van der Waals surface area contributed by atoms with E-state index in [2.05, 4.69) is 16.7 Å². The average Bonchev–Trinajstić information content (AvgIpc) is 3.12. The maximum atomic E-state index is 12.5. The zero-order chi connectivity index (χ0) is 25.9. The molecule has 1 aromatic heterocycles. The Labute approximate surface area is 220 Å². The Bertz CT molecular complexity index is 1280. The summed E-state index contributed by atoms with van der Waals surface area (Å²) in [6, 6.07) is 12.4. The number of amidine groups is 1. The lowest BCUT2D eigenvalue weighted by Crippen LogP contribution is -2.36. The molecular formula is C25H26Cl3N5O2. The van der Waals surface area contributed by atoms with Gasteiger partial charge in [0.1, 0.15) is 18.0 Å². The number of carbonyl (C=O) groups excluding carboxylic acids is 1. The summed E-state index contributed by atoms with van der Waals surface area (Å²) < 4.78 is 7.27. The molecule has 0 aliphatic heterocycles. The van der Waals surface area contributed by atoms with Gasteiger partial charge in [0.2, 0.25) is 0 Å². The molecule has 0 saturated heterocycles. The minimum absolute atomic E-state index is 0.0363. The van der Waals surface area contributed by atoms with Gasteiger partial charge in [0.25, 0.3) is 0 Å². The van der Waals surface area contributed by atoms with Gasteiger partial charge >= 0.3 is 5.97 Å². The average molecular weight is 535 g/mol. The molecule has 184 valence electrons. The van der Waals surface area contributed by atoms with Gasteiger partial charge in [-0.3, -0.25) is 14.4 Å². The number of nitrogens with zero attached hydrogens (tertiary/aromatic N) is 5. The van der Waals surface area contributed by atoms with Crippen molar-refractivity contribution >= 4 is 59.1 Å². The summed E-state index contributed by atoms with van der Waals surface area (Å²) in [4.78, 5) is 27.7. The molecule has 0 amide bonds. The Kier molecular flexibility index (Phi) is 8.26. The molecule has 10 heteroatoms. The Morgan fingerprint density at radius 3 is 2.29 bits per heavy atom. The predicted molar refractivity (Wildman–Crippen MR) is 144 cm³/mol. The molecule has 1 heterocycles. The highest BCUT2D eigenvalue weighted by Gasteiger charge is 2.27. The van der Waals surface area contributed by atoms with E-state index in [0.29, 0.717) is 43.8 Å². The third-order valence-electron chi connectivity index (χ3n) is 4.83. The molecule has 3 aromatic rings. The number of hydrogen-bond acceptors (Lipinski definition) is 5. The number of hydrogen-bond donors (Lipinski definition) is 0. The summed E-state index contributed by atoms with van der Waals surface area (Å²) in [6.45, 7) is 9.18. The number of rotatable bonds is 6. The molecule has 0 bridgehead atoms. The van der Waals surface area contributed by atoms with Crippen LogP contribution in [0, 0.1) is 0 Å². The number of imidazole rings is 1. The summed E-state index contributed by atoms with van der Waals surface area (Å²) in [5, 5.41) is 1.50. The van der Waals surface area contributed by atoms with Gasteiger partial charge in [-0.25, -0.2) is 9.98 Å². The Morgan fingerprint density at radius 1 is 1.11 bits per heavy atom. The third kappa shape index (κ3) is 6.23. The highest BCUT2D eigenvalue weighted by molar-refractivity contribution is 6.36. The molecule has 7 nitrogen and oxygen atoms in total. The smallest absolute Gasteiger partial charge is 0.326 e. The zero-order valence-corrected chi connectivity index (χ0v) is 22.4. The number of aliphatic imine (C=N–C) groups is 2. The van der Waals surface area contributed by atoms with Crippen molar-refractivity contribution in [1.29, 1.82) is 0 Å². The highest BCUT2D eigenvalue weighted by atomic mass is 35.5. The van der Waals surface area contributed by atoms with E-state index in [9.17, 15) is 4.79 Å². The van der Waals surface area contributed by atoms with Crippen LogP contribution in [0.5, 0.6) is 0 Å². The maximum absolute atomic E-state index is 12.5. The van der Waals surface area contributed by atoms with Gasteiger partial charge < -0.3 is 9.64 Å². The second-order valence-electron chi connectivity index (χ2n) is 8.69. The van der Waals surface area contributed by atoms with Crippen LogP contribution in [-0.4, -0.2) is 59.2 Å². The second-order valence-corrected chi connectivity index (χ2v) is 9.97. The molecule has 35 heavy (non-hydrogen) atoms. The van der Waals surface area contributed by atoms with Gasteiger partial charge in [-0.2, -0.15) is 0 Å². The van der Waals surface area contributed by atoms with Crippen molar-refractivity contribution in [3.8, 4) is 17.1 Å². The van der Waals surface area contributed by atoms with E-state index in [1.54, 1.807) is 53.9 Å². The second kappa shape index (κ2) is 10.8. The molecule has 0 unspecified atom stereocenters. The first-order valence-electron chi connectivity index (χ1n) is 10.7. The van der Waals surface area contributed by atoms with Crippen LogP contribution in [0.2, 0.25) is 15.1 Å². The summed E-state index contributed by atoms with van der Waals surface area (Å²) in [7, 11) is 3.35. The van der Waals surface area contributed by atoms with E-state index in [1.165, 1.54) is 0 Å². The lowest BCUT2D eigenvalue weighted by molar-refractivity contribution is -0.154. The fourth-order valence-electron chi connectivity index (χ4n) is 3.49. The normalized spacial score (nSPS) is 11.9. The van der Waals surface area contributed by atoms with Crippen molar-refractivity contribution < 1.29 is 9.53 Å². The van der Waals surface area contributed by atoms with Crippen molar-refractivity contribution in [1.82, 2.24) is 14.5 Å². The van der Waals surface area contributed by atoms with E-state index >= 15 is 0 Å². The van der Waals surface area contributed by atoms with Crippen molar-refractivity contribution in [2.24, 2.45) is 9.98 Å². The molecule has 0 fully saturated rings. The fraction of sp³-hybridized carbons (Fsp3) is 0.280. The van der Waals surface area contributed by atoms with E-state index in [4.69, 9.17) is 44.5 Å². The van der Waals surface area contributed by atoms with Crippen LogP contribution in [-0.2, 0) is 9.53 Å². The van der Waals surface area contributed by atoms with Gasteiger partial charge in [0.05, 0.1) is 5.02 Å². The van der Waals surface area contributed by atoms with Crippen LogP contribution in [0.4, 0.5) is 5.82 Å². The van der Waals surface area contributed by atoms with Crippen LogP contribution < -0.4 is 0 Å². The number of aromatic nitrogens is 2. The maximum Gasteiger partial charge on any atom is 0.326 e. The summed E-state index contributed by atoms with van der Waals surface area (Å²) in [6.07, 6.45) is 0. The lowest BCUT2D eigenvalue weighted by atomic mass is 10.2. The quantitative estimate of drug-likeness (QED) is 0.206. The van der Waals surface area contributed by atoms with Crippen molar-refractivity contribution in [2.75, 3.05) is 20.6 Å². The number of esters is 1. The first-order valence-corrected chi connectivity index (χ1v) is 11.8. The summed E-state index contributed by atoms with van der Waals surface area (Å²) in [5.74, 6) is 0.952. The van der Waals surface area contributed by atoms with Crippen LogP contribution in [0.25, 0.3) is 17.1 Å². The SMILES string of the molecule is C=Nc1c(/C(=N\C)N(C)CC(=O)OC(C)(C)C)nc(-c2ccc(Cl)cc2Cl)n1-c1ccc(Cl)cc1. The van der Waals surface area contributed by atoms with Crippen LogP contribution in [0.1, 0.15) is 26.5 Å². The first-order chi connectivity index (χ1) is 16.4. The first kappa shape index (κ1) is 26.7. The molecule has 0 aliphatic rings. The van der Waals surface area contributed by atoms with E-state index in [1.807, 2.05) is 32.9 Å². The number of likely N-dealkylation sites (N-methyl/N-ethyl adjacent to an activating group) is 1. The molecule has 0 saturated carbocycles. The number of benzene rings is 2. The number of carbonyl (C=O) groups is 1. The summed E-state index contributed by atoms with van der Waals surface area (Å²) in [5.41, 5.74) is 1.18. The van der Waals surface area contributed by atoms with Crippen LogP contribution in [0.15, 0.2) is 52.4 Å². The van der Waals surface area contributed by atoms with Crippen molar-refractivity contribution in [3.05, 3.63) is 63.2 Å². The largest absolute Gasteiger partial charge is 0.459 e. The fourth-order valence-corrected chi connectivity index (χ4v) is 4.11. The third-order valence-corrected chi connectivity index (χ3v) is 5.63. The minimum Gasteiger partial charge on any atom is -0.459 e. The van der Waals surface area contributed by atoms with Gasteiger partial charge in [-0.15, -0.1) is 0 Å². The van der Waals surface area contributed by atoms with Crippen LogP contribution >= 0.6 is 34.8 Å². The lowest BCUT2D eigenvalue weighted by Gasteiger charge is -2.24. The Morgan fingerprint density at radius 2 is 1.74 bits per heavy atom. The summed E-state index contributed by atoms with van der Waals surface area (Å²) >= 11 is 18.8. The van der Waals surface area contributed by atoms with E-state index in [0.717, 1.165) is 5.69 Å². The highest BCUT2D eigenvalue weighted by Crippen LogP contribution is 2.37. The van der Waals surface area contributed by atoms with Crippen molar-refractivity contribution in [3.63, 3.8) is 0 Å². The van der Waals surface area contributed by atoms with Crippen LogP contribution in [0.3, 0.4) is 0 Å². The van der Waals surface area contributed by atoms with Gasteiger partial charge in [-0.1, -0.05) is 34.8 Å². The molecule has 0 radical (unpaired) electrons. The van der Waals surface area contributed by atoms with E-state index in [-0.39, 0.29) is 6.54 Å². The Balaban J connectivity index is 2.18. The molecule has 3 rings (SSSR count). The predicted octanol–water partition coefficient (Wildman–Crippen LogP) is 6.48. The monoisotopic (exact) mass is 533 g/mol. The number of ether oxygens (including phenoxy) is 1. The zero-order valence-electron chi connectivity index (χ0n) is 20.1.